The molecule has 0 aliphatic heterocycles. The Kier molecular flexibility index (Phi) is 4.10. The lowest BCUT2D eigenvalue weighted by Crippen LogP contribution is -2.16. The molecule has 0 unspecified atom stereocenters. The Bertz CT molecular complexity index is 867. The van der Waals surface area contributed by atoms with Crippen molar-refractivity contribution in [3.05, 3.63) is 66.4 Å². The third-order valence-electron chi connectivity index (χ3n) is 3.69. The number of hydrogen-bond acceptors (Lipinski definition) is 2. The first-order valence-corrected chi connectivity index (χ1v) is 7.31. The summed E-state index contributed by atoms with van der Waals surface area (Å²) in [5.41, 5.74) is 1.49. The van der Waals surface area contributed by atoms with Crippen molar-refractivity contribution in [2.75, 3.05) is 5.32 Å². The summed E-state index contributed by atoms with van der Waals surface area (Å²) in [6.07, 6.45) is 2.22. The molecule has 5 nitrogen and oxygen atoms in total. The van der Waals surface area contributed by atoms with E-state index in [0.29, 0.717) is 12.2 Å². The molecule has 23 heavy (non-hydrogen) atoms. The molecule has 0 atom stereocenters. The smallest absolute Gasteiger partial charge is 0.337 e. The van der Waals surface area contributed by atoms with Crippen LogP contribution in [-0.4, -0.2) is 21.6 Å². The number of nitrogens with zero attached hydrogens (tertiary/aromatic N) is 1. The molecule has 0 radical (unpaired) electrons. The van der Waals surface area contributed by atoms with Gasteiger partial charge in [0.25, 0.3) is 0 Å². The molecular weight excluding hydrogens is 292 g/mol. The summed E-state index contributed by atoms with van der Waals surface area (Å²) in [5.74, 6) is -1.27. The SMILES string of the molecule is O=C(CCn1ccc2ccccc21)Nc1ccccc1C(=O)O. The van der Waals surface area contributed by atoms with Crippen LogP contribution in [0.5, 0.6) is 0 Å². The monoisotopic (exact) mass is 308 g/mol. The van der Waals surface area contributed by atoms with Gasteiger partial charge in [-0.05, 0) is 29.7 Å². The highest BCUT2D eigenvalue weighted by atomic mass is 16.4. The van der Waals surface area contributed by atoms with E-state index in [4.69, 9.17) is 5.11 Å². The van der Waals surface area contributed by atoms with Crippen molar-refractivity contribution in [1.29, 1.82) is 0 Å². The number of aryl methyl sites for hydroxylation is 1. The Morgan fingerprint density at radius 2 is 1.74 bits per heavy atom. The molecule has 0 fully saturated rings. The topological polar surface area (TPSA) is 71.3 Å². The van der Waals surface area contributed by atoms with E-state index in [1.165, 1.54) is 6.07 Å². The lowest BCUT2D eigenvalue weighted by molar-refractivity contribution is -0.116. The first-order chi connectivity index (χ1) is 11.1. The maximum Gasteiger partial charge on any atom is 0.337 e. The summed E-state index contributed by atoms with van der Waals surface area (Å²) in [4.78, 5) is 23.2. The molecule has 1 heterocycles. The Balaban J connectivity index is 1.68. The highest BCUT2D eigenvalue weighted by Crippen LogP contribution is 2.17. The summed E-state index contributed by atoms with van der Waals surface area (Å²) in [6, 6.07) is 16.4. The number of hydrogen-bond donors (Lipinski definition) is 2. The second-order valence-corrected chi connectivity index (χ2v) is 5.22. The van der Waals surface area contributed by atoms with E-state index in [9.17, 15) is 9.59 Å². The Morgan fingerprint density at radius 1 is 1.00 bits per heavy atom. The zero-order valence-corrected chi connectivity index (χ0v) is 12.4. The summed E-state index contributed by atoms with van der Waals surface area (Å²) in [6.45, 7) is 0.536. The number of carboxylic acids is 1. The summed E-state index contributed by atoms with van der Waals surface area (Å²) in [7, 11) is 0. The number of amides is 1. The number of rotatable bonds is 5. The number of carbonyl (C=O) groups excluding carboxylic acids is 1. The number of carboxylic acid groups (broad SMARTS) is 1. The number of nitrogens with one attached hydrogen (secondary N) is 1. The molecule has 116 valence electrons. The van der Waals surface area contributed by atoms with Gasteiger partial charge >= 0.3 is 5.97 Å². The standard InChI is InChI=1S/C18H16N2O3/c21-17(19-15-7-3-2-6-14(15)18(22)23)10-12-20-11-9-13-5-1-4-8-16(13)20/h1-9,11H,10,12H2,(H,19,21)(H,22,23). The van der Waals surface area contributed by atoms with E-state index in [-0.39, 0.29) is 17.9 Å². The van der Waals surface area contributed by atoms with E-state index < -0.39 is 5.97 Å². The van der Waals surface area contributed by atoms with Crippen LogP contribution in [0.3, 0.4) is 0 Å². The van der Waals surface area contributed by atoms with Crippen LogP contribution in [0.1, 0.15) is 16.8 Å². The number of benzene rings is 2. The molecule has 0 bridgehead atoms. The largest absolute Gasteiger partial charge is 0.478 e. The normalized spacial score (nSPS) is 10.6. The van der Waals surface area contributed by atoms with Gasteiger partial charge < -0.3 is 15.0 Å². The molecule has 2 N–H and O–H groups in total. The third-order valence-corrected chi connectivity index (χ3v) is 3.69. The van der Waals surface area contributed by atoms with Crippen molar-refractivity contribution in [2.45, 2.75) is 13.0 Å². The minimum absolute atomic E-state index is 0.0901. The van der Waals surface area contributed by atoms with E-state index in [1.807, 2.05) is 41.1 Å². The number of carbonyl (C=O) groups is 2. The predicted octanol–water partition coefficient (Wildman–Crippen LogP) is 3.37. The molecule has 0 saturated heterocycles. The van der Waals surface area contributed by atoms with Gasteiger partial charge in [-0.1, -0.05) is 30.3 Å². The molecule has 0 aliphatic carbocycles. The van der Waals surface area contributed by atoms with Crippen LogP contribution in [0.15, 0.2) is 60.8 Å². The third kappa shape index (κ3) is 3.23. The zero-order valence-electron chi connectivity index (χ0n) is 12.4. The predicted molar refractivity (Wildman–Crippen MR) is 88.6 cm³/mol. The molecule has 5 heteroatoms. The molecule has 0 spiro atoms. The highest BCUT2D eigenvalue weighted by molar-refractivity contribution is 6.00. The number of aromatic nitrogens is 1. The molecule has 0 saturated carbocycles. The fourth-order valence-corrected chi connectivity index (χ4v) is 2.55. The van der Waals surface area contributed by atoms with Gasteiger partial charge in [-0.3, -0.25) is 4.79 Å². The quantitative estimate of drug-likeness (QED) is 0.759. The van der Waals surface area contributed by atoms with E-state index >= 15 is 0 Å². The van der Waals surface area contributed by atoms with Gasteiger partial charge in [0.15, 0.2) is 0 Å². The van der Waals surface area contributed by atoms with Gasteiger partial charge in [-0.2, -0.15) is 0 Å². The van der Waals surface area contributed by atoms with Crippen LogP contribution < -0.4 is 5.32 Å². The lowest BCUT2D eigenvalue weighted by atomic mass is 10.2. The van der Waals surface area contributed by atoms with Crippen LogP contribution in [0.4, 0.5) is 5.69 Å². The molecule has 3 aromatic rings. The maximum atomic E-state index is 12.1. The molecule has 2 aromatic carbocycles. The van der Waals surface area contributed by atoms with Crippen LogP contribution in [0, 0.1) is 0 Å². The molecule has 0 aliphatic rings. The Morgan fingerprint density at radius 3 is 2.57 bits per heavy atom. The van der Waals surface area contributed by atoms with Crippen LogP contribution >= 0.6 is 0 Å². The molecular formula is C18H16N2O3. The maximum absolute atomic E-state index is 12.1. The molecule has 1 aromatic heterocycles. The Hall–Kier alpha value is -3.08. The minimum Gasteiger partial charge on any atom is -0.478 e. The van der Waals surface area contributed by atoms with Gasteiger partial charge in [0.05, 0.1) is 11.3 Å². The van der Waals surface area contributed by atoms with E-state index in [1.54, 1.807) is 18.2 Å². The molecule has 1 amide bonds. The zero-order chi connectivity index (χ0) is 16.2. The van der Waals surface area contributed by atoms with Crippen molar-refractivity contribution in [3.63, 3.8) is 0 Å². The second-order valence-electron chi connectivity index (χ2n) is 5.22. The van der Waals surface area contributed by atoms with Crippen LogP contribution in [0.2, 0.25) is 0 Å². The number of para-hydroxylation sites is 2. The fraction of sp³-hybridized carbons (Fsp3) is 0.111. The second kappa shape index (κ2) is 6.36. The van der Waals surface area contributed by atoms with Gasteiger partial charge in [0, 0.05) is 24.7 Å². The first-order valence-electron chi connectivity index (χ1n) is 7.31. The average molecular weight is 308 g/mol. The van der Waals surface area contributed by atoms with Crippen LogP contribution in [-0.2, 0) is 11.3 Å². The van der Waals surface area contributed by atoms with Crippen molar-refractivity contribution < 1.29 is 14.7 Å². The van der Waals surface area contributed by atoms with Gasteiger partial charge in [0.2, 0.25) is 5.91 Å². The van der Waals surface area contributed by atoms with E-state index in [0.717, 1.165) is 10.9 Å². The summed E-state index contributed by atoms with van der Waals surface area (Å²) >= 11 is 0. The fourth-order valence-electron chi connectivity index (χ4n) is 2.55. The summed E-state index contributed by atoms with van der Waals surface area (Å²) in [5, 5.41) is 12.9. The minimum atomic E-state index is -1.06. The number of aromatic carboxylic acids is 1. The summed E-state index contributed by atoms with van der Waals surface area (Å²) < 4.78 is 2.01. The lowest BCUT2D eigenvalue weighted by Gasteiger charge is -2.09. The van der Waals surface area contributed by atoms with Crippen molar-refractivity contribution in [3.8, 4) is 0 Å². The van der Waals surface area contributed by atoms with E-state index in [2.05, 4.69) is 5.32 Å². The van der Waals surface area contributed by atoms with Crippen molar-refractivity contribution in [2.24, 2.45) is 0 Å². The molecule has 3 rings (SSSR count). The first kappa shape index (κ1) is 14.8. The van der Waals surface area contributed by atoms with Crippen molar-refractivity contribution >= 4 is 28.5 Å². The average Bonchev–Trinajstić information content (AvgIpc) is 2.96. The van der Waals surface area contributed by atoms with Gasteiger partial charge in [-0.25, -0.2) is 4.79 Å². The Labute approximate surface area is 133 Å². The van der Waals surface area contributed by atoms with Gasteiger partial charge in [-0.15, -0.1) is 0 Å². The number of anilines is 1. The van der Waals surface area contributed by atoms with Crippen LogP contribution in [0.25, 0.3) is 10.9 Å². The van der Waals surface area contributed by atoms with Crippen molar-refractivity contribution in [1.82, 2.24) is 4.57 Å². The highest BCUT2D eigenvalue weighted by Gasteiger charge is 2.11. The van der Waals surface area contributed by atoms with Gasteiger partial charge in [0.1, 0.15) is 0 Å². The number of fused-ring (bicyclic) bond motifs is 1.